The van der Waals surface area contributed by atoms with E-state index in [-0.39, 0.29) is 11.5 Å². The van der Waals surface area contributed by atoms with E-state index in [0.29, 0.717) is 18.4 Å². The van der Waals surface area contributed by atoms with Crippen molar-refractivity contribution in [3.05, 3.63) is 29.6 Å². The maximum atomic E-state index is 13.6. The molecule has 5 nitrogen and oxygen atoms in total. The topological polar surface area (TPSA) is 87.7 Å². The minimum atomic E-state index is -0.983. The molecule has 0 aliphatic heterocycles. The number of halogens is 1. The number of nitrogens with one attached hydrogen (secondary N) is 1. The molecule has 0 saturated heterocycles. The Morgan fingerprint density at radius 3 is 2.72 bits per heavy atom. The van der Waals surface area contributed by atoms with Crippen LogP contribution in [0.1, 0.15) is 18.4 Å². The lowest BCUT2D eigenvalue weighted by atomic mass is 10.0. The molecule has 4 N–H and O–H groups in total. The SMILES string of the molecule is Cc1cccc(F)c1NC(=O)C1(/C(N)=N/O)CC1. The van der Waals surface area contributed by atoms with Gasteiger partial charge in [-0.15, -0.1) is 0 Å². The van der Waals surface area contributed by atoms with Crippen molar-refractivity contribution < 1.29 is 14.4 Å². The van der Waals surface area contributed by atoms with Crippen molar-refractivity contribution in [2.24, 2.45) is 16.3 Å². The number of amidine groups is 1. The zero-order valence-corrected chi connectivity index (χ0v) is 9.90. The first-order valence-corrected chi connectivity index (χ1v) is 5.56. The van der Waals surface area contributed by atoms with Gasteiger partial charge in [-0.2, -0.15) is 0 Å². The van der Waals surface area contributed by atoms with Crippen molar-refractivity contribution in [3.63, 3.8) is 0 Å². The number of nitrogens with zero attached hydrogens (tertiary/aromatic N) is 1. The quantitative estimate of drug-likeness (QED) is 0.330. The third kappa shape index (κ3) is 1.90. The Kier molecular flexibility index (Phi) is 2.94. The molecule has 1 aromatic carbocycles. The van der Waals surface area contributed by atoms with Crippen LogP contribution in [0.2, 0.25) is 0 Å². The molecule has 1 saturated carbocycles. The molecule has 0 heterocycles. The van der Waals surface area contributed by atoms with E-state index in [0.717, 1.165) is 0 Å². The van der Waals surface area contributed by atoms with E-state index in [1.807, 2.05) is 0 Å². The Morgan fingerprint density at radius 1 is 1.56 bits per heavy atom. The van der Waals surface area contributed by atoms with Crippen LogP contribution in [0.4, 0.5) is 10.1 Å². The molecule has 0 radical (unpaired) electrons. The summed E-state index contributed by atoms with van der Waals surface area (Å²) in [5, 5.41) is 14.0. The van der Waals surface area contributed by atoms with Gasteiger partial charge in [0.05, 0.1) is 5.69 Å². The maximum Gasteiger partial charge on any atom is 0.238 e. The number of carbonyl (C=O) groups is 1. The van der Waals surface area contributed by atoms with Crippen molar-refractivity contribution in [2.45, 2.75) is 19.8 Å². The van der Waals surface area contributed by atoms with Crippen molar-refractivity contribution in [1.82, 2.24) is 0 Å². The normalized spacial score (nSPS) is 17.3. The molecule has 0 atom stereocenters. The number of oxime groups is 1. The number of amides is 1. The molecular weight excluding hydrogens is 237 g/mol. The lowest BCUT2D eigenvalue weighted by Crippen LogP contribution is -2.36. The molecule has 1 aliphatic carbocycles. The van der Waals surface area contributed by atoms with Crippen molar-refractivity contribution in [1.29, 1.82) is 0 Å². The molecule has 0 aromatic heterocycles. The standard InChI is InChI=1S/C12H14FN3O2/c1-7-3-2-4-8(13)9(7)15-11(17)12(5-6-12)10(14)16-18/h2-4,18H,5-6H2,1H3,(H2,14,16)(H,15,17). The predicted molar refractivity (Wildman–Crippen MR) is 64.8 cm³/mol. The van der Waals surface area contributed by atoms with Gasteiger partial charge < -0.3 is 16.3 Å². The largest absolute Gasteiger partial charge is 0.409 e. The van der Waals surface area contributed by atoms with Gasteiger partial charge in [0, 0.05) is 0 Å². The highest BCUT2D eigenvalue weighted by Crippen LogP contribution is 2.46. The van der Waals surface area contributed by atoms with Gasteiger partial charge in [-0.05, 0) is 31.4 Å². The third-order valence-electron chi connectivity index (χ3n) is 3.24. The first-order valence-electron chi connectivity index (χ1n) is 5.56. The molecule has 0 unspecified atom stereocenters. The molecule has 1 fully saturated rings. The second-order valence-electron chi connectivity index (χ2n) is 4.45. The van der Waals surface area contributed by atoms with Crippen molar-refractivity contribution in [2.75, 3.05) is 5.32 Å². The lowest BCUT2D eigenvalue weighted by Gasteiger charge is -2.15. The van der Waals surface area contributed by atoms with Crippen LogP contribution in [0.5, 0.6) is 0 Å². The number of carbonyl (C=O) groups excluding carboxylic acids is 1. The van der Waals surface area contributed by atoms with Crippen LogP contribution >= 0.6 is 0 Å². The number of aryl methyl sites for hydroxylation is 1. The fourth-order valence-electron chi connectivity index (χ4n) is 1.84. The van der Waals surface area contributed by atoms with Crippen LogP contribution in [-0.2, 0) is 4.79 Å². The van der Waals surface area contributed by atoms with Crippen LogP contribution in [0, 0.1) is 18.2 Å². The fraction of sp³-hybridized carbons (Fsp3) is 0.333. The minimum absolute atomic E-state index is 0.131. The van der Waals surface area contributed by atoms with Crippen LogP contribution in [0.15, 0.2) is 23.4 Å². The Hall–Kier alpha value is -2.11. The van der Waals surface area contributed by atoms with E-state index >= 15 is 0 Å². The molecule has 1 amide bonds. The molecule has 6 heteroatoms. The van der Waals surface area contributed by atoms with Crippen molar-refractivity contribution in [3.8, 4) is 0 Å². The zero-order valence-electron chi connectivity index (χ0n) is 9.90. The Balaban J connectivity index is 2.23. The van der Waals surface area contributed by atoms with Crippen LogP contribution < -0.4 is 11.1 Å². The number of anilines is 1. The molecule has 1 aliphatic rings. The second kappa shape index (κ2) is 4.29. The number of para-hydroxylation sites is 1. The summed E-state index contributed by atoms with van der Waals surface area (Å²) in [5.41, 5.74) is 5.27. The average Bonchev–Trinajstić information content (AvgIpc) is 3.14. The summed E-state index contributed by atoms with van der Waals surface area (Å²) in [4.78, 5) is 12.1. The van der Waals surface area contributed by atoms with E-state index in [1.165, 1.54) is 6.07 Å². The summed E-state index contributed by atoms with van der Waals surface area (Å²) in [6, 6.07) is 4.53. The highest BCUT2D eigenvalue weighted by atomic mass is 19.1. The Bertz CT molecular complexity index is 504. The van der Waals surface area contributed by atoms with E-state index in [9.17, 15) is 9.18 Å². The fourth-order valence-corrected chi connectivity index (χ4v) is 1.84. The molecular formula is C12H14FN3O2. The molecule has 0 bridgehead atoms. The van der Waals surface area contributed by atoms with Gasteiger partial charge >= 0.3 is 0 Å². The van der Waals surface area contributed by atoms with Crippen molar-refractivity contribution >= 4 is 17.4 Å². The summed E-state index contributed by atoms with van der Waals surface area (Å²) >= 11 is 0. The van der Waals surface area contributed by atoms with Gasteiger partial charge in [0.25, 0.3) is 0 Å². The van der Waals surface area contributed by atoms with Gasteiger partial charge in [0.15, 0.2) is 5.84 Å². The van der Waals surface area contributed by atoms with E-state index in [1.54, 1.807) is 19.1 Å². The molecule has 1 aromatic rings. The van der Waals surface area contributed by atoms with E-state index < -0.39 is 17.1 Å². The molecule has 18 heavy (non-hydrogen) atoms. The van der Waals surface area contributed by atoms with Gasteiger partial charge in [0.2, 0.25) is 5.91 Å². The summed E-state index contributed by atoms with van der Waals surface area (Å²) in [6.07, 6.45) is 1.00. The van der Waals surface area contributed by atoms with E-state index in [4.69, 9.17) is 10.9 Å². The highest BCUT2D eigenvalue weighted by molar-refractivity contribution is 6.14. The van der Waals surface area contributed by atoms with Crippen LogP contribution in [0.3, 0.4) is 0 Å². The van der Waals surface area contributed by atoms with Gasteiger partial charge in [-0.1, -0.05) is 17.3 Å². The number of hydrogen-bond donors (Lipinski definition) is 3. The summed E-state index contributed by atoms with van der Waals surface area (Å²) < 4.78 is 13.6. The smallest absolute Gasteiger partial charge is 0.238 e. The molecule has 96 valence electrons. The monoisotopic (exact) mass is 251 g/mol. The van der Waals surface area contributed by atoms with Crippen LogP contribution in [0.25, 0.3) is 0 Å². The minimum Gasteiger partial charge on any atom is -0.409 e. The highest BCUT2D eigenvalue weighted by Gasteiger charge is 2.54. The lowest BCUT2D eigenvalue weighted by molar-refractivity contribution is -0.119. The molecule has 2 rings (SSSR count). The summed E-state index contributed by atoms with van der Waals surface area (Å²) in [7, 11) is 0. The average molecular weight is 251 g/mol. The zero-order chi connectivity index (χ0) is 13.3. The predicted octanol–water partition coefficient (Wildman–Crippen LogP) is 1.60. The second-order valence-corrected chi connectivity index (χ2v) is 4.45. The van der Waals surface area contributed by atoms with Crippen LogP contribution in [-0.4, -0.2) is 17.0 Å². The van der Waals surface area contributed by atoms with Gasteiger partial charge in [0.1, 0.15) is 11.2 Å². The Labute approximate surface area is 103 Å². The third-order valence-corrected chi connectivity index (χ3v) is 3.24. The first kappa shape index (κ1) is 12.3. The van der Waals surface area contributed by atoms with Gasteiger partial charge in [-0.25, -0.2) is 4.39 Å². The maximum absolute atomic E-state index is 13.6. The molecule has 0 spiro atoms. The summed E-state index contributed by atoms with van der Waals surface area (Å²) in [5.74, 6) is -1.07. The summed E-state index contributed by atoms with van der Waals surface area (Å²) in [6.45, 7) is 1.70. The number of rotatable bonds is 3. The number of nitrogens with two attached hydrogens (primary N) is 1. The Morgan fingerprint density at radius 2 is 2.22 bits per heavy atom. The first-order chi connectivity index (χ1) is 8.51. The van der Waals surface area contributed by atoms with Gasteiger partial charge in [-0.3, -0.25) is 4.79 Å². The van der Waals surface area contributed by atoms with E-state index in [2.05, 4.69) is 10.5 Å². The number of benzene rings is 1. The number of hydrogen-bond acceptors (Lipinski definition) is 3.